The summed E-state index contributed by atoms with van der Waals surface area (Å²) in [6.45, 7) is 6.16. The predicted molar refractivity (Wildman–Crippen MR) is 127 cm³/mol. The fraction of sp³-hybridized carbons (Fsp3) is 0.571. The van der Waals surface area contributed by atoms with Crippen LogP contribution in [0.4, 0.5) is 11.6 Å². The normalized spacial score (nSPS) is 12.4. The van der Waals surface area contributed by atoms with Gasteiger partial charge in [-0.15, -0.1) is 0 Å². The van der Waals surface area contributed by atoms with Crippen LogP contribution in [0.1, 0.15) is 50.8 Å². The number of hydrogen-bond donors (Lipinski definition) is 2. The summed E-state index contributed by atoms with van der Waals surface area (Å²) >= 11 is 0. The zero-order valence-electron chi connectivity index (χ0n) is 21.0. The average Bonchev–Trinajstić information content (AvgIpc) is 3.40. The molecule has 0 spiro atoms. The highest BCUT2D eigenvalue weighted by molar-refractivity contribution is 5.84. The molecule has 16 heteroatoms. The number of nitro groups is 2. The van der Waals surface area contributed by atoms with Gasteiger partial charge < -0.3 is 35.6 Å². The monoisotopic (exact) mass is 522 g/mol. The highest BCUT2D eigenvalue weighted by atomic mass is 16.6. The van der Waals surface area contributed by atoms with E-state index in [1.165, 1.54) is 18.4 Å². The van der Waals surface area contributed by atoms with Crippen LogP contribution in [0.3, 0.4) is 0 Å². The molecule has 0 saturated carbocycles. The predicted octanol–water partition coefficient (Wildman–Crippen LogP) is 1.11. The fourth-order valence-corrected chi connectivity index (χ4v) is 3.68. The molecule has 2 N–H and O–H groups in total. The van der Waals surface area contributed by atoms with Crippen LogP contribution in [0, 0.1) is 34.1 Å². The minimum Gasteiger partial charge on any atom is -0.464 e. The second-order valence-electron chi connectivity index (χ2n) is 8.13. The lowest BCUT2D eigenvalue weighted by Gasteiger charge is -2.17. The molecule has 0 aliphatic carbocycles. The van der Waals surface area contributed by atoms with Crippen molar-refractivity contribution in [1.82, 2.24) is 29.7 Å². The minimum atomic E-state index is -0.985. The van der Waals surface area contributed by atoms with Gasteiger partial charge in [-0.2, -0.15) is 4.57 Å². The zero-order chi connectivity index (χ0) is 27.7. The van der Waals surface area contributed by atoms with Crippen LogP contribution < -0.4 is 10.6 Å². The number of imidazole rings is 2. The number of amides is 2. The number of aryl methyl sites for hydroxylation is 2. The maximum Gasteiger partial charge on any atom is 0.343 e. The summed E-state index contributed by atoms with van der Waals surface area (Å²) in [5.41, 5.74) is 0. The van der Waals surface area contributed by atoms with Gasteiger partial charge in [0.2, 0.25) is 0 Å². The fourth-order valence-electron chi connectivity index (χ4n) is 3.68. The van der Waals surface area contributed by atoms with Gasteiger partial charge in [0.1, 0.15) is 18.4 Å². The van der Waals surface area contributed by atoms with E-state index in [9.17, 15) is 34.6 Å². The summed E-state index contributed by atoms with van der Waals surface area (Å²) < 4.78 is 7.38. The van der Waals surface area contributed by atoms with E-state index >= 15 is 0 Å². The molecule has 0 aromatic carbocycles. The largest absolute Gasteiger partial charge is 0.464 e. The van der Waals surface area contributed by atoms with Crippen LogP contribution in [-0.2, 0) is 25.7 Å². The molecule has 202 valence electrons. The maximum atomic E-state index is 12.5. The van der Waals surface area contributed by atoms with Crippen molar-refractivity contribution in [3.05, 3.63) is 44.3 Å². The highest BCUT2D eigenvalue weighted by Gasteiger charge is 2.28. The number of hydrogen-bond acceptors (Lipinski definition) is 10. The van der Waals surface area contributed by atoms with Crippen molar-refractivity contribution in [2.45, 2.75) is 65.6 Å². The molecule has 0 bridgehead atoms. The number of carbonyl (C=O) groups is 3. The Kier molecular flexibility index (Phi) is 10.2. The van der Waals surface area contributed by atoms with Crippen LogP contribution in [0.5, 0.6) is 0 Å². The number of nitrogens with zero attached hydrogens (tertiary/aromatic N) is 6. The van der Waals surface area contributed by atoms with Gasteiger partial charge >= 0.3 is 17.6 Å². The molecule has 2 unspecified atom stereocenters. The minimum absolute atomic E-state index is 0.102. The molecule has 2 aromatic rings. The van der Waals surface area contributed by atoms with E-state index in [0.717, 1.165) is 17.0 Å². The Morgan fingerprint density at radius 2 is 1.68 bits per heavy atom. The summed E-state index contributed by atoms with van der Waals surface area (Å²) in [4.78, 5) is 66.1. The van der Waals surface area contributed by atoms with Crippen molar-refractivity contribution < 1.29 is 29.0 Å². The van der Waals surface area contributed by atoms with Crippen molar-refractivity contribution in [3.63, 3.8) is 0 Å². The Balaban J connectivity index is 1.90. The number of carbonyl (C=O) groups excluding carboxylic acids is 3. The molecule has 0 saturated heterocycles. The average molecular weight is 523 g/mol. The molecule has 0 radical (unpaired) electrons. The summed E-state index contributed by atoms with van der Waals surface area (Å²) in [6.07, 6.45) is 3.21. The highest BCUT2D eigenvalue weighted by Crippen LogP contribution is 2.20. The maximum absolute atomic E-state index is 12.5. The van der Waals surface area contributed by atoms with Gasteiger partial charge in [-0.25, -0.2) is 19.3 Å². The molecular formula is C21H30N8O8. The number of ether oxygens (including phenoxy) is 1. The van der Waals surface area contributed by atoms with Crippen molar-refractivity contribution in [2.24, 2.45) is 0 Å². The molecule has 2 aromatic heterocycles. The summed E-state index contributed by atoms with van der Waals surface area (Å²) in [6, 6.07) is -1.84. The number of aromatic nitrogens is 4. The Morgan fingerprint density at radius 1 is 1.05 bits per heavy atom. The Hall–Kier alpha value is -4.37. The zero-order valence-corrected chi connectivity index (χ0v) is 21.0. The second-order valence-corrected chi connectivity index (χ2v) is 8.13. The van der Waals surface area contributed by atoms with E-state index in [2.05, 4.69) is 20.6 Å². The van der Waals surface area contributed by atoms with Gasteiger partial charge in [0.25, 0.3) is 11.8 Å². The lowest BCUT2D eigenvalue weighted by Crippen LogP contribution is -2.43. The van der Waals surface area contributed by atoms with Crippen molar-refractivity contribution >= 4 is 29.4 Å². The second kappa shape index (κ2) is 13.1. The lowest BCUT2D eigenvalue weighted by molar-refractivity contribution is -0.392. The summed E-state index contributed by atoms with van der Waals surface area (Å²) in [7, 11) is 0. The van der Waals surface area contributed by atoms with Gasteiger partial charge in [0.15, 0.2) is 24.2 Å². The first kappa shape index (κ1) is 28.9. The Bertz CT molecular complexity index is 1160. The van der Waals surface area contributed by atoms with Crippen LogP contribution >= 0.6 is 0 Å². The molecular weight excluding hydrogens is 492 g/mol. The number of rotatable bonds is 14. The van der Waals surface area contributed by atoms with Gasteiger partial charge in [-0.05, 0) is 43.0 Å². The molecule has 2 rings (SSSR count). The van der Waals surface area contributed by atoms with Crippen LogP contribution in [0.25, 0.3) is 0 Å². The smallest absolute Gasteiger partial charge is 0.343 e. The Labute approximate surface area is 211 Å². The molecule has 2 amide bonds. The first-order valence-electron chi connectivity index (χ1n) is 11.6. The summed E-state index contributed by atoms with van der Waals surface area (Å²) in [5.74, 6) is -1.73. The number of esters is 1. The van der Waals surface area contributed by atoms with E-state index in [0.29, 0.717) is 18.7 Å². The molecule has 37 heavy (non-hydrogen) atoms. The molecule has 2 atom stereocenters. The first-order valence-corrected chi connectivity index (χ1v) is 11.6. The van der Waals surface area contributed by atoms with E-state index in [1.54, 1.807) is 13.8 Å². The van der Waals surface area contributed by atoms with Gasteiger partial charge in [0.05, 0.1) is 6.61 Å². The molecule has 0 aliphatic heterocycles. The van der Waals surface area contributed by atoms with Gasteiger partial charge in [0, 0.05) is 20.4 Å². The van der Waals surface area contributed by atoms with E-state index in [-0.39, 0.29) is 37.0 Å². The quantitative estimate of drug-likeness (QED) is 0.156. The first-order chi connectivity index (χ1) is 17.5. The number of nitrogens with one attached hydrogen (secondary N) is 2. The van der Waals surface area contributed by atoms with Gasteiger partial charge in [-0.1, -0.05) is 0 Å². The lowest BCUT2D eigenvalue weighted by atomic mass is 10.1. The van der Waals surface area contributed by atoms with Crippen LogP contribution in [0.15, 0.2) is 12.4 Å². The van der Waals surface area contributed by atoms with Crippen LogP contribution in [0.2, 0.25) is 0 Å². The molecule has 0 aliphatic rings. The molecule has 16 nitrogen and oxygen atoms in total. The van der Waals surface area contributed by atoms with Crippen molar-refractivity contribution in [2.75, 3.05) is 13.2 Å². The van der Waals surface area contributed by atoms with E-state index < -0.39 is 46.3 Å². The van der Waals surface area contributed by atoms with Crippen molar-refractivity contribution in [1.29, 1.82) is 0 Å². The van der Waals surface area contributed by atoms with Gasteiger partial charge in [-0.3, -0.25) is 9.59 Å². The SMILES string of the molecule is CCOC(=O)C(CCCCNC(=O)C(C)n1c([N+](=O)[O-])cnc1C)NC(=O)Cn1c([N+](=O)[O-])cnc1C. The van der Waals surface area contributed by atoms with Crippen molar-refractivity contribution in [3.8, 4) is 0 Å². The topological polar surface area (TPSA) is 206 Å². The standard InChI is InChI=1S/C21H30N8O8/c1-5-37-21(32)16(25-17(30)12-26-14(3)23-10-18(26)28(33)34)8-6-7-9-22-20(31)13(2)27-15(4)24-11-19(27)29(35)36/h10-11,13,16H,5-9,12H2,1-4H3,(H,22,31)(H,25,30). The third-order valence-electron chi connectivity index (χ3n) is 5.56. The third-order valence-corrected chi connectivity index (χ3v) is 5.56. The van der Waals surface area contributed by atoms with E-state index in [1.807, 2.05) is 0 Å². The summed E-state index contributed by atoms with van der Waals surface area (Å²) in [5, 5.41) is 27.5. The van der Waals surface area contributed by atoms with Crippen LogP contribution in [-0.4, -0.2) is 65.9 Å². The van der Waals surface area contributed by atoms with E-state index in [4.69, 9.17) is 4.74 Å². The third kappa shape index (κ3) is 7.55. The number of unbranched alkanes of at least 4 members (excludes halogenated alkanes) is 1. The molecule has 2 heterocycles. The Morgan fingerprint density at radius 3 is 2.30 bits per heavy atom. The molecule has 0 fully saturated rings.